The normalized spacial score (nSPS) is 15.2. The number of aromatic nitrogens is 1. The van der Waals surface area contributed by atoms with Crippen LogP contribution in [0.5, 0.6) is 0 Å². The molecule has 26 heavy (non-hydrogen) atoms. The molecule has 1 aromatic heterocycles. The first-order valence-corrected chi connectivity index (χ1v) is 9.22. The third-order valence-corrected chi connectivity index (χ3v) is 5.28. The van der Waals surface area contributed by atoms with Gasteiger partial charge in [0.2, 0.25) is 0 Å². The molecule has 0 unspecified atom stereocenters. The zero-order valence-electron chi connectivity index (χ0n) is 16.2. The highest BCUT2D eigenvalue weighted by Gasteiger charge is 2.25. The summed E-state index contributed by atoms with van der Waals surface area (Å²) in [5.41, 5.74) is 11.3. The topological polar surface area (TPSA) is 51.3 Å². The second-order valence-corrected chi connectivity index (χ2v) is 7.50. The Morgan fingerprint density at radius 2 is 1.81 bits per heavy atom. The average molecular weight is 376 g/mol. The maximum absolute atomic E-state index is 13.0. The van der Waals surface area contributed by atoms with Crippen LogP contribution < -0.4 is 5.73 Å². The number of nitrogens with two attached hydrogens (primary N) is 1. The van der Waals surface area contributed by atoms with Crippen LogP contribution in [-0.4, -0.2) is 34.5 Å². The van der Waals surface area contributed by atoms with Gasteiger partial charge in [-0.1, -0.05) is 26.0 Å². The summed E-state index contributed by atoms with van der Waals surface area (Å²) in [5, 5.41) is 0. The summed E-state index contributed by atoms with van der Waals surface area (Å²) in [6.45, 7) is 10.0. The van der Waals surface area contributed by atoms with Crippen LogP contribution in [0, 0.1) is 13.8 Å². The van der Waals surface area contributed by atoms with E-state index in [0.29, 0.717) is 5.92 Å². The fourth-order valence-electron chi connectivity index (χ4n) is 3.67. The molecule has 3 rings (SSSR count). The van der Waals surface area contributed by atoms with Crippen molar-refractivity contribution in [1.29, 1.82) is 0 Å². The van der Waals surface area contributed by atoms with Gasteiger partial charge in [-0.05, 0) is 56.4 Å². The molecule has 0 spiro atoms. The lowest BCUT2D eigenvalue weighted by Gasteiger charge is -2.30. The van der Waals surface area contributed by atoms with Crippen LogP contribution in [0.2, 0.25) is 0 Å². The first-order valence-electron chi connectivity index (χ1n) is 9.22. The monoisotopic (exact) mass is 375 g/mol. The number of aryl methyl sites for hydroxylation is 1. The Labute approximate surface area is 162 Å². The summed E-state index contributed by atoms with van der Waals surface area (Å²) in [5.74, 6) is 0.612. The van der Waals surface area contributed by atoms with Crippen LogP contribution in [0.25, 0.3) is 5.69 Å². The molecule has 1 saturated heterocycles. The van der Waals surface area contributed by atoms with Gasteiger partial charge in [0.25, 0.3) is 5.91 Å². The van der Waals surface area contributed by atoms with Crippen molar-refractivity contribution in [3.05, 3.63) is 52.8 Å². The van der Waals surface area contributed by atoms with Crippen molar-refractivity contribution in [3.8, 4) is 5.69 Å². The fraction of sp³-hybridized carbons (Fsp3) is 0.476. The minimum Gasteiger partial charge on any atom is -0.338 e. The summed E-state index contributed by atoms with van der Waals surface area (Å²) in [4.78, 5) is 14.9. The number of carbonyl (C=O) groups excluding carboxylic acids is 1. The molecule has 142 valence electrons. The van der Waals surface area contributed by atoms with Crippen molar-refractivity contribution < 1.29 is 4.79 Å². The number of likely N-dealkylation sites (tertiary alicyclic amines) is 1. The number of carbonyl (C=O) groups is 1. The van der Waals surface area contributed by atoms with Crippen molar-refractivity contribution >= 4 is 18.3 Å². The van der Waals surface area contributed by atoms with Crippen LogP contribution in [0.4, 0.5) is 0 Å². The summed E-state index contributed by atoms with van der Waals surface area (Å²) in [6, 6.07) is 10.8. The zero-order valence-corrected chi connectivity index (χ0v) is 17.0. The largest absolute Gasteiger partial charge is 0.338 e. The van der Waals surface area contributed by atoms with Crippen LogP contribution in [-0.2, 0) is 0 Å². The molecule has 0 atom stereocenters. The van der Waals surface area contributed by atoms with E-state index in [1.165, 1.54) is 5.56 Å². The molecule has 0 bridgehead atoms. The number of nitrogens with zero attached hydrogens (tertiary/aromatic N) is 2. The third-order valence-electron chi connectivity index (χ3n) is 5.28. The summed E-state index contributed by atoms with van der Waals surface area (Å²) >= 11 is 0. The van der Waals surface area contributed by atoms with E-state index in [0.717, 1.165) is 48.6 Å². The van der Waals surface area contributed by atoms with Crippen molar-refractivity contribution in [2.45, 2.75) is 52.5 Å². The maximum atomic E-state index is 13.0. The van der Waals surface area contributed by atoms with Crippen LogP contribution in [0.1, 0.15) is 59.9 Å². The lowest BCUT2D eigenvalue weighted by molar-refractivity contribution is 0.0714. The van der Waals surface area contributed by atoms with Gasteiger partial charge in [0, 0.05) is 36.2 Å². The Balaban J connectivity index is 0.00000243. The van der Waals surface area contributed by atoms with Gasteiger partial charge in [-0.25, -0.2) is 0 Å². The predicted molar refractivity (Wildman–Crippen MR) is 110 cm³/mol. The van der Waals surface area contributed by atoms with Gasteiger partial charge in [0.1, 0.15) is 0 Å². The average Bonchev–Trinajstić information content (AvgIpc) is 2.89. The summed E-state index contributed by atoms with van der Waals surface area (Å²) in [6.07, 6.45) is 1.78. The molecule has 1 amide bonds. The number of rotatable bonds is 3. The van der Waals surface area contributed by atoms with Crippen LogP contribution in [0.15, 0.2) is 30.3 Å². The van der Waals surface area contributed by atoms with Crippen molar-refractivity contribution in [3.63, 3.8) is 0 Å². The van der Waals surface area contributed by atoms with E-state index < -0.39 is 0 Å². The van der Waals surface area contributed by atoms with Gasteiger partial charge < -0.3 is 15.2 Å². The molecule has 1 aliphatic heterocycles. The number of hydrogen-bond donors (Lipinski definition) is 1. The number of benzene rings is 1. The highest BCUT2D eigenvalue weighted by atomic mass is 35.5. The molecule has 1 aliphatic rings. The Hall–Kier alpha value is -1.78. The lowest BCUT2D eigenvalue weighted by Crippen LogP contribution is -2.42. The fourth-order valence-corrected chi connectivity index (χ4v) is 3.67. The molecule has 2 heterocycles. The molecule has 0 saturated carbocycles. The van der Waals surface area contributed by atoms with Gasteiger partial charge >= 0.3 is 0 Å². The van der Waals surface area contributed by atoms with Gasteiger partial charge in [-0.2, -0.15) is 0 Å². The highest BCUT2D eigenvalue weighted by Crippen LogP contribution is 2.25. The third kappa shape index (κ3) is 3.97. The van der Waals surface area contributed by atoms with Crippen molar-refractivity contribution in [1.82, 2.24) is 9.47 Å². The maximum Gasteiger partial charge on any atom is 0.255 e. The smallest absolute Gasteiger partial charge is 0.255 e. The Kier molecular flexibility index (Phi) is 6.53. The first-order chi connectivity index (χ1) is 11.9. The van der Waals surface area contributed by atoms with E-state index in [1.54, 1.807) is 0 Å². The molecule has 0 aliphatic carbocycles. The van der Waals surface area contributed by atoms with E-state index in [9.17, 15) is 4.79 Å². The minimum absolute atomic E-state index is 0. The molecule has 2 aromatic rings. The SMILES string of the molecule is Cc1cc(C(=O)N2CCC(N)CC2)c(C)n1-c1cccc(C(C)C)c1.Cl. The van der Waals surface area contributed by atoms with E-state index >= 15 is 0 Å². The predicted octanol–water partition coefficient (Wildman–Crippen LogP) is 4.20. The van der Waals surface area contributed by atoms with Crippen molar-refractivity contribution in [2.24, 2.45) is 5.73 Å². The second-order valence-electron chi connectivity index (χ2n) is 7.50. The Bertz CT molecular complexity index is 774. The molecular weight excluding hydrogens is 346 g/mol. The lowest BCUT2D eigenvalue weighted by atomic mass is 10.0. The highest BCUT2D eigenvalue weighted by molar-refractivity contribution is 5.96. The number of hydrogen-bond acceptors (Lipinski definition) is 2. The van der Waals surface area contributed by atoms with Crippen molar-refractivity contribution in [2.75, 3.05) is 13.1 Å². The Morgan fingerprint density at radius 1 is 1.15 bits per heavy atom. The van der Waals surface area contributed by atoms with E-state index in [1.807, 2.05) is 17.9 Å². The van der Waals surface area contributed by atoms with Crippen LogP contribution in [0.3, 0.4) is 0 Å². The number of piperidine rings is 1. The molecule has 5 heteroatoms. The first kappa shape index (κ1) is 20.5. The molecule has 1 fully saturated rings. The molecule has 4 nitrogen and oxygen atoms in total. The summed E-state index contributed by atoms with van der Waals surface area (Å²) < 4.78 is 2.19. The molecule has 2 N–H and O–H groups in total. The molecule has 1 aromatic carbocycles. The zero-order chi connectivity index (χ0) is 18.1. The quantitative estimate of drug-likeness (QED) is 0.873. The van der Waals surface area contributed by atoms with Gasteiger partial charge in [-0.15, -0.1) is 12.4 Å². The molecular formula is C21H30ClN3O. The van der Waals surface area contributed by atoms with Crippen LogP contribution >= 0.6 is 12.4 Å². The van der Waals surface area contributed by atoms with Gasteiger partial charge in [-0.3, -0.25) is 4.79 Å². The molecule has 0 radical (unpaired) electrons. The standard InChI is InChI=1S/C21H29N3O.ClH/c1-14(2)17-6-5-7-19(13-17)24-15(3)12-20(16(24)4)21(25)23-10-8-18(22)9-11-23;/h5-7,12-14,18H,8-11,22H2,1-4H3;1H. The summed E-state index contributed by atoms with van der Waals surface area (Å²) in [7, 11) is 0. The minimum atomic E-state index is 0. The van der Waals surface area contributed by atoms with E-state index in [2.05, 4.69) is 49.6 Å². The van der Waals surface area contributed by atoms with Gasteiger partial charge in [0.15, 0.2) is 0 Å². The van der Waals surface area contributed by atoms with E-state index in [4.69, 9.17) is 5.73 Å². The van der Waals surface area contributed by atoms with Gasteiger partial charge in [0.05, 0.1) is 5.56 Å². The second kappa shape index (κ2) is 8.28. The van der Waals surface area contributed by atoms with E-state index in [-0.39, 0.29) is 24.4 Å². The number of halogens is 1. The number of amides is 1. The Morgan fingerprint density at radius 3 is 2.42 bits per heavy atom.